The molecule has 3 aliphatic heterocycles. The van der Waals surface area contributed by atoms with Crippen molar-refractivity contribution in [3.8, 4) is 34.5 Å². The molecule has 0 aliphatic carbocycles. The number of carbonyl (C=O) groups is 11. The molecule has 3 heterocycles. The van der Waals surface area contributed by atoms with Crippen molar-refractivity contribution in [1.29, 1.82) is 0 Å². The number of hydrogen-bond donors (Lipinski definition) is 6. The van der Waals surface area contributed by atoms with E-state index in [1.54, 1.807) is 137 Å². The first-order valence-corrected chi connectivity index (χ1v) is 51.3. The second kappa shape index (κ2) is 79.1. The summed E-state index contributed by atoms with van der Waals surface area (Å²) in [6.45, 7) is 34.6. The number of benzene rings is 3. The minimum Gasteiger partial charge on any atom is -0.493 e. The lowest BCUT2D eigenvalue weighted by Crippen LogP contribution is -2.60. The monoisotopic (exact) mass is 2110 g/mol. The van der Waals surface area contributed by atoms with Gasteiger partial charge in [-0.05, 0) is 177 Å². The highest BCUT2D eigenvalue weighted by molar-refractivity contribution is 5.80. The molecule has 0 saturated carbocycles. The van der Waals surface area contributed by atoms with E-state index in [1.165, 1.54) is 36.0 Å². The number of carbonyl (C=O) groups excluding carboxylic acids is 10. The number of ether oxygens (including phenoxy) is 16. The van der Waals surface area contributed by atoms with E-state index in [-0.39, 0.29) is 117 Å². The van der Waals surface area contributed by atoms with Gasteiger partial charge in [0.15, 0.2) is 34.5 Å². The van der Waals surface area contributed by atoms with Gasteiger partial charge in [-0.3, -0.25) is 38.4 Å². The van der Waals surface area contributed by atoms with Crippen LogP contribution in [0.15, 0.2) is 91.1 Å². The molecule has 3 saturated heterocycles. The van der Waals surface area contributed by atoms with Gasteiger partial charge in [0, 0.05) is 153 Å². The van der Waals surface area contributed by atoms with Crippen LogP contribution in [-0.4, -0.2) is 363 Å². The van der Waals surface area contributed by atoms with Gasteiger partial charge in [-0.1, -0.05) is 104 Å². The predicted molar refractivity (Wildman–Crippen MR) is 570 cm³/mol. The summed E-state index contributed by atoms with van der Waals surface area (Å²) < 4.78 is 85.7. The largest absolute Gasteiger partial charge is 0.493 e. The van der Waals surface area contributed by atoms with Gasteiger partial charge in [-0.2, -0.15) is 0 Å². The van der Waals surface area contributed by atoms with E-state index in [4.69, 9.17) is 80.9 Å². The quantitative estimate of drug-likeness (QED) is 0.0226. The Labute approximate surface area is 885 Å². The van der Waals surface area contributed by atoms with Crippen molar-refractivity contribution in [1.82, 2.24) is 60.9 Å². The molecular formula is C108H181FN12O28. The van der Waals surface area contributed by atoms with Crippen LogP contribution < -0.4 is 55.0 Å². The number of unbranched alkanes of at least 4 members (excludes halogenated alkanes) is 6. The number of amides is 10. The molecule has 3 aromatic rings. The summed E-state index contributed by atoms with van der Waals surface area (Å²) in [6.07, 6.45) is 20.6. The number of rotatable bonds is 60. The lowest BCUT2D eigenvalue weighted by atomic mass is 10.1. The Hall–Kier alpha value is -11.0. The number of likely N-dealkylation sites (N-methyl/N-ethyl adjacent to an activating group) is 3. The molecule has 3 unspecified atom stereocenters. The van der Waals surface area contributed by atoms with Crippen LogP contribution in [0.2, 0.25) is 0 Å². The minimum atomic E-state index is -0.854. The molecule has 6 rings (SSSR count). The van der Waals surface area contributed by atoms with Gasteiger partial charge in [0.2, 0.25) is 29.5 Å². The molecule has 41 heteroatoms. The van der Waals surface area contributed by atoms with Crippen molar-refractivity contribution in [2.24, 2.45) is 17.8 Å². The maximum atomic E-state index is 13.6. The molecule has 3 aliphatic rings. The summed E-state index contributed by atoms with van der Waals surface area (Å²) in [5.41, 5.74) is 1.16. The van der Waals surface area contributed by atoms with Crippen LogP contribution in [0, 0.1) is 17.8 Å². The predicted octanol–water partition coefficient (Wildman–Crippen LogP) is 14.1. The highest BCUT2D eigenvalue weighted by atomic mass is 19.0. The van der Waals surface area contributed by atoms with E-state index in [0.29, 0.717) is 211 Å². The third-order valence-corrected chi connectivity index (χ3v) is 22.3. The zero-order valence-corrected chi connectivity index (χ0v) is 92.0. The van der Waals surface area contributed by atoms with E-state index in [2.05, 4.69) is 105 Å². The van der Waals surface area contributed by atoms with Crippen LogP contribution in [0.4, 0.5) is 28.7 Å². The van der Waals surface area contributed by atoms with Crippen LogP contribution in [0.1, 0.15) is 204 Å². The molecule has 0 spiro atoms. The van der Waals surface area contributed by atoms with Gasteiger partial charge in [0.05, 0.1) is 145 Å². The first-order chi connectivity index (χ1) is 70.2. The maximum Gasteiger partial charge on any atom is 0.415 e. The molecule has 3 fully saturated rings. The van der Waals surface area contributed by atoms with Crippen LogP contribution in [0.5, 0.6) is 34.5 Å². The third kappa shape index (κ3) is 61.8. The van der Waals surface area contributed by atoms with Crippen molar-refractivity contribution >= 4 is 66.0 Å². The zero-order valence-electron chi connectivity index (χ0n) is 92.0. The van der Waals surface area contributed by atoms with Crippen LogP contribution in [0.3, 0.4) is 0 Å². The summed E-state index contributed by atoms with van der Waals surface area (Å²) in [5, 5.41) is 23.5. The van der Waals surface area contributed by atoms with E-state index < -0.39 is 53.7 Å². The number of allylic oxidation sites excluding steroid dienone is 6. The molecule has 0 bridgehead atoms. The van der Waals surface area contributed by atoms with E-state index in [9.17, 15) is 52.7 Å². The van der Waals surface area contributed by atoms with Crippen molar-refractivity contribution in [2.75, 3.05) is 228 Å². The Morgan fingerprint density at radius 1 is 0.416 bits per heavy atom. The average Bonchev–Trinajstić information content (AvgIpc) is 0.806. The Morgan fingerprint density at radius 2 is 0.732 bits per heavy atom. The van der Waals surface area contributed by atoms with Crippen molar-refractivity contribution in [3.63, 3.8) is 0 Å². The topological polar surface area (TPSA) is 439 Å². The maximum absolute atomic E-state index is 13.6. The number of carboxylic acid groups (broad SMARTS) is 1. The van der Waals surface area contributed by atoms with Crippen molar-refractivity contribution in [2.45, 2.75) is 236 Å². The molecule has 3 atom stereocenters. The number of piperazine rings is 3. The fraction of sp³-hybridized carbons (Fsp3) is 0.676. The van der Waals surface area contributed by atoms with Gasteiger partial charge < -0.3 is 137 Å². The number of nitrogens with one attached hydrogen (secondary N) is 5. The first-order valence-electron chi connectivity index (χ1n) is 51.3. The SMILES string of the molecule is C.CNCC1CN(C(=O)CCOCCOC)CCN1C(=O)Oc1ccc(CNC(=O)CCCC/C=C/C(C)C)cc1OC.COCCOCCC(=O)N1CCN(C(=O)Oc2ccc(CNC(=O)CCCC/C=C/C(C)C)cc2OC)C(CN(C)C(=O)OC(C)(C)C)C1.COCCOCCOCCOCCC(=O)O.COc1cc(CNC(=O)CCCC/C=C/C(C)C)ccc1OC(=O)N1CCNCC1CN(C)C(=O)OC(C)(C)C.F. The lowest BCUT2D eigenvalue weighted by Gasteiger charge is -2.42. The fourth-order valence-electron chi connectivity index (χ4n) is 14.6. The number of carboxylic acids is 1. The summed E-state index contributed by atoms with van der Waals surface area (Å²) in [5.74, 6) is 2.55. The lowest BCUT2D eigenvalue weighted by molar-refractivity contribution is -0.138. The standard InChI is InChI=1S/C36H58N4O9.C31H50N4O7.C30H48N4O6.C10H20O6.CH4.FH/c1-27(2)13-11-9-10-12-14-32(41)37-24-28-15-16-30(31(23-28)46-8)48-35(44)40-19-18-39(33(42)17-20-47-22-21-45-7)26-29(40)25-38(6)34(43)49-36(3,4)5;1-24(2)10-8-6-7-9-11-29(36)33-21-25-12-13-27(28(20-25)40-5)42-31(38)35-16-15-34(23-26(35)22-32-3)30(37)14-17-41-19-18-39-4;1-22(2)12-10-8-9-11-13-27(35)32-19-23-14-15-25(26(18-23)38-7)39-29(37)34-17-16-31-20-24(34)21-33(6)28(36)40-30(3,4)5;1-13-4-5-15-8-9-16-7-6-14-3-2-10(11)12;;/h11,13,15-16,23,27,29H,9-10,12,14,17-22,24-26H2,1-8H3,(H,37,41);8,10,12-13,20,24,26,32H,6-7,9,11,14-19,21-23H2,1-5H3,(H,33,36);10,12,14-15,18,22,24,31H,8-9,11,13,16-17,19-21H2,1-7H3,(H,32,35);2-9H2,1H3,(H,11,12);1H4;1H/b13-11+;10-8+;12-10+;;;. The Morgan fingerprint density at radius 3 is 1.05 bits per heavy atom. The van der Waals surface area contributed by atoms with Gasteiger partial charge in [0.1, 0.15) is 11.2 Å². The minimum absolute atomic E-state index is 0. The van der Waals surface area contributed by atoms with E-state index in [1.807, 2.05) is 20.8 Å². The Balaban J connectivity index is 0.00000104. The van der Waals surface area contributed by atoms with Crippen molar-refractivity contribution < 1.29 is 138 Å². The summed E-state index contributed by atoms with van der Waals surface area (Å²) in [4.78, 5) is 149. The second-order valence-corrected chi connectivity index (χ2v) is 38.5. The molecule has 149 heavy (non-hydrogen) atoms. The smallest absolute Gasteiger partial charge is 0.415 e. The van der Waals surface area contributed by atoms with Crippen LogP contribution in [-0.2, 0) is 95.8 Å². The number of nitrogens with zero attached hydrogens (tertiary/aromatic N) is 7. The van der Waals surface area contributed by atoms with Crippen LogP contribution in [0.25, 0.3) is 0 Å². The Bertz CT molecular complexity index is 4400. The molecule has 0 radical (unpaired) electrons. The van der Waals surface area contributed by atoms with E-state index >= 15 is 0 Å². The molecular weight excluding hydrogens is 1930 g/mol. The van der Waals surface area contributed by atoms with Gasteiger partial charge in [0.25, 0.3) is 0 Å². The molecule has 3 aromatic carbocycles. The second-order valence-electron chi connectivity index (χ2n) is 38.5. The van der Waals surface area contributed by atoms with Crippen LogP contribution >= 0.6 is 0 Å². The zero-order chi connectivity index (χ0) is 109. The van der Waals surface area contributed by atoms with Gasteiger partial charge >= 0.3 is 36.4 Å². The average molecular weight is 2110 g/mol. The highest BCUT2D eigenvalue weighted by Gasteiger charge is 2.39. The Kier molecular flexibility index (Phi) is 72.2. The summed E-state index contributed by atoms with van der Waals surface area (Å²) in [7, 11) is 14.3. The molecule has 6 N–H and O–H groups in total. The summed E-state index contributed by atoms with van der Waals surface area (Å²) >= 11 is 0. The number of halogens is 1. The molecule has 0 aromatic heterocycles. The number of hydrogen-bond acceptors (Lipinski definition) is 29. The highest BCUT2D eigenvalue weighted by Crippen LogP contribution is 2.33. The van der Waals surface area contributed by atoms with E-state index in [0.717, 1.165) is 74.5 Å². The van der Waals surface area contributed by atoms with Gasteiger partial charge in [-0.25, -0.2) is 24.0 Å². The molecule has 40 nitrogen and oxygen atoms in total. The van der Waals surface area contributed by atoms with Crippen molar-refractivity contribution in [3.05, 3.63) is 108 Å². The fourth-order valence-corrected chi connectivity index (χ4v) is 14.6. The van der Waals surface area contributed by atoms with Gasteiger partial charge in [-0.15, -0.1) is 0 Å². The number of methoxy groups -OCH3 is 6. The molecule has 10 amide bonds. The number of aliphatic carboxylic acids is 1. The normalized spacial score (nSPS) is 14.6. The summed E-state index contributed by atoms with van der Waals surface area (Å²) in [6, 6.07) is 14.5. The first kappa shape index (κ1) is 136. The molecule has 848 valence electrons. The third-order valence-electron chi connectivity index (χ3n) is 22.3.